The molecule has 12 heavy (non-hydrogen) atoms. The van der Waals surface area contributed by atoms with Gasteiger partial charge in [-0.25, -0.2) is 0 Å². The number of hydrogen-bond donors (Lipinski definition) is 3. The molecule has 1 aromatic rings. The molecular formula is C9H12N2O. The lowest BCUT2D eigenvalue weighted by atomic mass is 10.1. The maximum Gasteiger partial charge on any atom is 0.0682 e. The predicted octanol–water partition coefficient (Wildman–Crippen LogP) is 1.22. The van der Waals surface area contributed by atoms with Crippen molar-refractivity contribution in [2.24, 2.45) is 0 Å². The summed E-state index contributed by atoms with van der Waals surface area (Å²) in [6.07, 6.45) is 1.27. The summed E-state index contributed by atoms with van der Waals surface area (Å²) < 4.78 is 0. The van der Waals surface area contributed by atoms with Gasteiger partial charge in [-0.15, -0.1) is 0 Å². The van der Waals surface area contributed by atoms with E-state index in [0.29, 0.717) is 0 Å². The van der Waals surface area contributed by atoms with E-state index in [1.54, 1.807) is 13.1 Å². The quantitative estimate of drug-likeness (QED) is 0.588. The summed E-state index contributed by atoms with van der Waals surface area (Å²) >= 11 is 0. The zero-order chi connectivity index (χ0) is 8.97. The Morgan fingerprint density at radius 3 is 2.83 bits per heavy atom. The second kappa shape index (κ2) is 3.88. The highest BCUT2D eigenvalue weighted by molar-refractivity contribution is 5.85. The fraction of sp³-hybridized carbons (Fsp3) is 0.222. The van der Waals surface area contributed by atoms with Crippen LogP contribution in [0.4, 0.5) is 5.69 Å². The van der Waals surface area contributed by atoms with Crippen molar-refractivity contribution in [2.45, 2.75) is 6.61 Å². The van der Waals surface area contributed by atoms with Gasteiger partial charge in [0.05, 0.1) is 6.61 Å². The largest absolute Gasteiger partial charge is 0.392 e. The van der Waals surface area contributed by atoms with Crippen LogP contribution in [-0.4, -0.2) is 18.4 Å². The summed E-state index contributed by atoms with van der Waals surface area (Å²) in [4.78, 5) is 0. The van der Waals surface area contributed by atoms with Crippen LogP contribution in [0.2, 0.25) is 0 Å². The molecule has 0 heterocycles. The van der Waals surface area contributed by atoms with Crippen LogP contribution in [-0.2, 0) is 6.61 Å². The Balaban J connectivity index is 3.10. The van der Waals surface area contributed by atoms with Gasteiger partial charge in [-0.1, -0.05) is 6.07 Å². The molecule has 0 spiro atoms. The van der Waals surface area contributed by atoms with Crippen LogP contribution < -0.4 is 5.32 Å². The van der Waals surface area contributed by atoms with Crippen molar-refractivity contribution < 1.29 is 5.11 Å². The van der Waals surface area contributed by atoms with Crippen molar-refractivity contribution in [2.75, 3.05) is 12.4 Å². The third-order valence-corrected chi connectivity index (χ3v) is 1.72. The van der Waals surface area contributed by atoms with Crippen LogP contribution in [0.1, 0.15) is 11.1 Å². The maximum atomic E-state index is 8.83. The molecule has 3 N–H and O–H groups in total. The SMILES string of the molecule is CNc1ccc(CO)cc1C=N. The number of rotatable bonds is 3. The van der Waals surface area contributed by atoms with Crippen molar-refractivity contribution in [1.82, 2.24) is 0 Å². The molecule has 0 aliphatic carbocycles. The molecule has 3 nitrogen and oxygen atoms in total. The molecule has 0 aliphatic rings. The van der Waals surface area contributed by atoms with Crippen LogP contribution in [0.25, 0.3) is 0 Å². The highest BCUT2D eigenvalue weighted by Crippen LogP contribution is 2.14. The van der Waals surface area contributed by atoms with Crippen molar-refractivity contribution in [1.29, 1.82) is 5.41 Å². The smallest absolute Gasteiger partial charge is 0.0682 e. The minimum atomic E-state index is 0.0187. The summed E-state index contributed by atoms with van der Waals surface area (Å²) in [6, 6.07) is 5.48. The molecule has 0 atom stereocenters. The molecule has 64 valence electrons. The normalized spacial score (nSPS) is 9.50. The van der Waals surface area contributed by atoms with E-state index in [4.69, 9.17) is 10.5 Å². The van der Waals surface area contributed by atoms with E-state index in [1.165, 1.54) is 6.21 Å². The minimum Gasteiger partial charge on any atom is -0.392 e. The molecule has 0 aliphatic heterocycles. The first-order chi connectivity index (χ1) is 5.81. The van der Waals surface area contributed by atoms with E-state index >= 15 is 0 Å². The van der Waals surface area contributed by atoms with Gasteiger partial charge in [-0.2, -0.15) is 0 Å². The van der Waals surface area contributed by atoms with Crippen LogP contribution in [0, 0.1) is 5.41 Å². The fourth-order valence-electron chi connectivity index (χ4n) is 1.06. The van der Waals surface area contributed by atoms with Gasteiger partial charge in [0.25, 0.3) is 0 Å². The van der Waals surface area contributed by atoms with E-state index < -0.39 is 0 Å². The number of aliphatic hydroxyl groups is 1. The van der Waals surface area contributed by atoms with Gasteiger partial charge in [-0.3, -0.25) is 0 Å². The van der Waals surface area contributed by atoms with E-state index in [1.807, 2.05) is 12.1 Å². The molecule has 0 radical (unpaired) electrons. The predicted molar refractivity (Wildman–Crippen MR) is 49.8 cm³/mol. The average molecular weight is 164 g/mol. The van der Waals surface area contributed by atoms with Crippen LogP contribution in [0.3, 0.4) is 0 Å². The van der Waals surface area contributed by atoms with E-state index in [-0.39, 0.29) is 6.61 Å². The average Bonchev–Trinajstić information content (AvgIpc) is 2.16. The fourth-order valence-corrected chi connectivity index (χ4v) is 1.06. The van der Waals surface area contributed by atoms with Gasteiger partial charge >= 0.3 is 0 Å². The number of benzene rings is 1. The Bertz CT molecular complexity index is 284. The van der Waals surface area contributed by atoms with Crippen molar-refractivity contribution in [3.8, 4) is 0 Å². The first kappa shape index (κ1) is 8.74. The van der Waals surface area contributed by atoms with Gasteiger partial charge in [-0.05, 0) is 17.7 Å². The molecule has 0 fully saturated rings. The monoisotopic (exact) mass is 164 g/mol. The Morgan fingerprint density at radius 2 is 2.33 bits per heavy atom. The molecule has 1 aromatic carbocycles. The molecule has 0 saturated carbocycles. The topological polar surface area (TPSA) is 56.1 Å². The summed E-state index contributed by atoms with van der Waals surface area (Å²) in [5.41, 5.74) is 2.53. The van der Waals surface area contributed by atoms with Gasteiger partial charge in [0.2, 0.25) is 0 Å². The van der Waals surface area contributed by atoms with Crippen molar-refractivity contribution >= 4 is 11.9 Å². The zero-order valence-electron chi connectivity index (χ0n) is 6.96. The van der Waals surface area contributed by atoms with Gasteiger partial charge < -0.3 is 15.8 Å². The van der Waals surface area contributed by atoms with Crippen LogP contribution >= 0.6 is 0 Å². The molecule has 0 aromatic heterocycles. The number of hydrogen-bond acceptors (Lipinski definition) is 3. The Hall–Kier alpha value is -1.35. The highest BCUT2D eigenvalue weighted by atomic mass is 16.3. The third-order valence-electron chi connectivity index (χ3n) is 1.72. The van der Waals surface area contributed by atoms with E-state index in [0.717, 1.165) is 16.8 Å². The van der Waals surface area contributed by atoms with Crippen LogP contribution in [0.5, 0.6) is 0 Å². The van der Waals surface area contributed by atoms with Crippen molar-refractivity contribution in [3.63, 3.8) is 0 Å². The van der Waals surface area contributed by atoms with Crippen molar-refractivity contribution in [3.05, 3.63) is 29.3 Å². The molecule has 1 rings (SSSR count). The third kappa shape index (κ3) is 1.62. The number of nitrogens with one attached hydrogen (secondary N) is 2. The lowest BCUT2D eigenvalue weighted by Gasteiger charge is -2.05. The Labute approximate surface area is 71.6 Å². The van der Waals surface area contributed by atoms with Gasteiger partial charge in [0.1, 0.15) is 0 Å². The number of aliphatic hydroxyl groups excluding tert-OH is 1. The second-order valence-corrected chi connectivity index (χ2v) is 2.47. The molecule has 3 heteroatoms. The molecule has 0 unspecified atom stereocenters. The highest BCUT2D eigenvalue weighted by Gasteiger charge is 1.98. The maximum absolute atomic E-state index is 8.83. The molecule has 0 amide bonds. The van der Waals surface area contributed by atoms with E-state index in [9.17, 15) is 0 Å². The molecular weight excluding hydrogens is 152 g/mol. The lowest BCUT2D eigenvalue weighted by Crippen LogP contribution is -1.95. The van der Waals surface area contributed by atoms with Crippen LogP contribution in [0.15, 0.2) is 18.2 Å². The first-order valence-electron chi connectivity index (χ1n) is 3.74. The minimum absolute atomic E-state index is 0.0187. The first-order valence-corrected chi connectivity index (χ1v) is 3.74. The van der Waals surface area contributed by atoms with E-state index in [2.05, 4.69) is 5.32 Å². The summed E-state index contributed by atoms with van der Waals surface area (Å²) in [5, 5.41) is 18.9. The summed E-state index contributed by atoms with van der Waals surface area (Å²) in [7, 11) is 1.81. The second-order valence-electron chi connectivity index (χ2n) is 2.47. The molecule has 0 saturated heterocycles. The summed E-state index contributed by atoms with van der Waals surface area (Å²) in [6.45, 7) is 0.0187. The Morgan fingerprint density at radius 1 is 1.58 bits per heavy atom. The lowest BCUT2D eigenvalue weighted by molar-refractivity contribution is 0.282. The van der Waals surface area contributed by atoms with Gasteiger partial charge in [0, 0.05) is 24.5 Å². The zero-order valence-corrected chi connectivity index (χ0v) is 6.96. The standard InChI is InChI=1S/C9H12N2O/c1-11-9-3-2-7(6-12)4-8(9)5-10/h2-5,10-12H,6H2,1H3. The molecule has 0 bridgehead atoms. The summed E-state index contributed by atoms with van der Waals surface area (Å²) in [5.74, 6) is 0. The Kier molecular flexibility index (Phi) is 2.82. The van der Waals surface area contributed by atoms with Gasteiger partial charge in [0.15, 0.2) is 0 Å². The number of anilines is 1.